The Morgan fingerprint density at radius 3 is 3.00 bits per heavy atom. The Kier molecular flexibility index (Phi) is 3.08. The number of carbonyl (C=O) groups is 1. The Morgan fingerprint density at radius 1 is 1.35 bits per heavy atom. The molecule has 0 aliphatic carbocycles. The molecule has 2 heterocycles. The minimum atomic E-state index is -0.675. The van der Waals surface area contributed by atoms with Gasteiger partial charge in [-0.1, -0.05) is 17.7 Å². The number of rotatable bonds is 2. The third-order valence-corrected chi connectivity index (χ3v) is 3.04. The number of nitrogens with zero attached hydrogens (tertiary/aromatic N) is 2. The van der Waals surface area contributed by atoms with Crippen molar-refractivity contribution in [2.75, 3.05) is 5.32 Å². The Labute approximate surface area is 117 Å². The fraction of sp³-hybridized carbons (Fsp3) is 0. The topological polar surface area (TPSA) is 70.7 Å². The Balaban J connectivity index is 1.92. The van der Waals surface area contributed by atoms with E-state index in [4.69, 9.17) is 11.6 Å². The van der Waals surface area contributed by atoms with Gasteiger partial charge in [-0.3, -0.25) is 4.79 Å². The summed E-state index contributed by atoms with van der Waals surface area (Å²) in [5.41, 5.74) is 1.43. The van der Waals surface area contributed by atoms with Gasteiger partial charge in [0.25, 0.3) is 5.91 Å². The fourth-order valence-electron chi connectivity index (χ4n) is 1.81. The van der Waals surface area contributed by atoms with Crippen LogP contribution < -0.4 is 5.32 Å². The zero-order chi connectivity index (χ0) is 14.1. The first kappa shape index (κ1) is 12.6. The first-order valence-corrected chi connectivity index (χ1v) is 6.07. The first-order chi connectivity index (χ1) is 9.65. The van der Waals surface area contributed by atoms with Gasteiger partial charge in [0.2, 0.25) is 0 Å². The van der Waals surface area contributed by atoms with Crippen LogP contribution in [0.5, 0.6) is 0 Å². The molecule has 0 aliphatic heterocycles. The highest BCUT2D eigenvalue weighted by atomic mass is 35.5. The fourth-order valence-corrected chi connectivity index (χ4v) is 2.06. The van der Waals surface area contributed by atoms with E-state index in [1.54, 1.807) is 6.07 Å². The second-order valence-corrected chi connectivity index (χ2v) is 4.46. The lowest BCUT2D eigenvalue weighted by Gasteiger charge is -2.07. The Hall–Kier alpha value is -2.47. The summed E-state index contributed by atoms with van der Waals surface area (Å²) in [5.74, 6) is -1.31. The van der Waals surface area contributed by atoms with Gasteiger partial charge in [-0.05, 0) is 18.2 Å². The number of pyridine rings is 1. The van der Waals surface area contributed by atoms with E-state index in [9.17, 15) is 9.18 Å². The van der Waals surface area contributed by atoms with Crippen LogP contribution in [0.15, 0.2) is 36.8 Å². The van der Waals surface area contributed by atoms with Crippen molar-refractivity contribution in [3.05, 3.63) is 53.2 Å². The molecule has 3 rings (SSSR count). The smallest absolute Gasteiger partial charge is 0.260 e. The summed E-state index contributed by atoms with van der Waals surface area (Å²) in [6.45, 7) is 0. The van der Waals surface area contributed by atoms with E-state index in [-0.39, 0.29) is 10.6 Å². The number of aromatic amines is 1. The van der Waals surface area contributed by atoms with Gasteiger partial charge in [0.1, 0.15) is 5.82 Å². The number of H-pyrrole nitrogens is 1. The molecule has 1 aromatic carbocycles. The van der Waals surface area contributed by atoms with Crippen LogP contribution in [0.3, 0.4) is 0 Å². The molecule has 0 aliphatic rings. The molecule has 20 heavy (non-hydrogen) atoms. The van der Waals surface area contributed by atoms with Crippen molar-refractivity contribution in [1.82, 2.24) is 15.0 Å². The molecule has 2 N–H and O–H groups in total. The molecule has 0 bridgehead atoms. The average molecular weight is 291 g/mol. The molecule has 2 aromatic heterocycles. The molecule has 3 aromatic rings. The maximum atomic E-state index is 13.6. The molecule has 100 valence electrons. The van der Waals surface area contributed by atoms with E-state index >= 15 is 0 Å². The molecule has 0 atom stereocenters. The van der Waals surface area contributed by atoms with E-state index in [0.29, 0.717) is 16.9 Å². The molecule has 0 saturated carbocycles. The van der Waals surface area contributed by atoms with Gasteiger partial charge >= 0.3 is 0 Å². The summed E-state index contributed by atoms with van der Waals surface area (Å²) in [6.07, 6.45) is 2.94. The summed E-state index contributed by atoms with van der Waals surface area (Å²) in [5, 5.41) is 2.60. The van der Waals surface area contributed by atoms with E-state index < -0.39 is 11.7 Å². The van der Waals surface area contributed by atoms with Gasteiger partial charge < -0.3 is 10.3 Å². The highest BCUT2D eigenvalue weighted by molar-refractivity contribution is 6.34. The lowest BCUT2D eigenvalue weighted by atomic mass is 10.2. The van der Waals surface area contributed by atoms with Crippen LogP contribution >= 0.6 is 11.6 Å². The molecule has 0 saturated heterocycles. The third kappa shape index (κ3) is 2.21. The largest absolute Gasteiger partial charge is 0.343 e. The van der Waals surface area contributed by atoms with Gasteiger partial charge in [-0.2, -0.15) is 0 Å². The molecular formula is C13H8ClFN4O. The minimum absolute atomic E-state index is 0.0538. The number of carbonyl (C=O) groups excluding carboxylic acids is 1. The maximum absolute atomic E-state index is 13.6. The number of hydrogen-bond donors (Lipinski definition) is 2. The number of benzene rings is 1. The van der Waals surface area contributed by atoms with Crippen molar-refractivity contribution in [2.24, 2.45) is 0 Å². The van der Waals surface area contributed by atoms with Crippen molar-refractivity contribution in [3.63, 3.8) is 0 Å². The Bertz CT molecular complexity index is 782. The van der Waals surface area contributed by atoms with Crippen molar-refractivity contribution in [3.8, 4) is 0 Å². The van der Waals surface area contributed by atoms with Gasteiger partial charge in [0.15, 0.2) is 5.65 Å². The predicted molar refractivity (Wildman–Crippen MR) is 73.3 cm³/mol. The van der Waals surface area contributed by atoms with Gasteiger partial charge in [-0.15, -0.1) is 0 Å². The first-order valence-electron chi connectivity index (χ1n) is 5.69. The van der Waals surface area contributed by atoms with Gasteiger partial charge in [0.05, 0.1) is 34.3 Å². The van der Waals surface area contributed by atoms with Crippen LogP contribution in [0.1, 0.15) is 10.4 Å². The second-order valence-electron chi connectivity index (χ2n) is 4.05. The highest BCUT2D eigenvalue weighted by Gasteiger charge is 2.16. The molecule has 0 radical (unpaired) electrons. The molecule has 1 amide bonds. The molecule has 7 heteroatoms. The standard InChI is InChI=1S/C13H8ClFN4O/c14-8-2-1-3-9(15)11(8)13(20)19-7-4-10-12(16-5-7)18-6-17-10/h1-6H,(H,19,20)(H,16,17,18). The van der Waals surface area contributed by atoms with Crippen molar-refractivity contribution < 1.29 is 9.18 Å². The number of fused-ring (bicyclic) bond motifs is 1. The molecular weight excluding hydrogens is 283 g/mol. The molecule has 0 unspecified atom stereocenters. The number of aromatic nitrogens is 3. The van der Waals surface area contributed by atoms with Crippen molar-refractivity contribution in [2.45, 2.75) is 0 Å². The summed E-state index contributed by atoms with van der Waals surface area (Å²) in [4.78, 5) is 22.9. The van der Waals surface area contributed by atoms with Crippen molar-refractivity contribution in [1.29, 1.82) is 0 Å². The summed E-state index contributed by atoms with van der Waals surface area (Å²) in [6, 6.07) is 5.72. The van der Waals surface area contributed by atoms with Crippen LogP contribution in [0, 0.1) is 5.82 Å². The summed E-state index contributed by atoms with van der Waals surface area (Å²) in [7, 11) is 0. The monoisotopic (exact) mass is 290 g/mol. The van der Waals surface area contributed by atoms with Gasteiger partial charge in [-0.25, -0.2) is 14.4 Å². The summed E-state index contributed by atoms with van der Waals surface area (Å²) >= 11 is 5.84. The predicted octanol–water partition coefficient (Wildman–Crippen LogP) is 3.00. The number of hydrogen-bond acceptors (Lipinski definition) is 3. The highest BCUT2D eigenvalue weighted by Crippen LogP contribution is 2.21. The van der Waals surface area contributed by atoms with E-state index in [1.807, 2.05) is 0 Å². The molecule has 0 spiro atoms. The van der Waals surface area contributed by atoms with Gasteiger partial charge in [0, 0.05) is 0 Å². The van der Waals surface area contributed by atoms with E-state index in [0.717, 1.165) is 0 Å². The van der Waals surface area contributed by atoms with E-state index in [2.05, 4.69) is 20.3 Å². The lowest BCUT2D eigenvalue weighted by molar-refractivity contribution is 0.102. The van der Waals surface area contributed by atoms with Crippen LogP contribution in [0.2, 0.25) is 5.02 Å². The number of imidazole rings is 1. The zero-order valence-corrected chi connectivity index (χ0v) is 10.8. The zero-order valence-electron chi connectivity index (χ0n) is 10.0. The quantitative estimate of drug-likeness (QED) is 0.762. The maximum Gasteiger partial charge on any atom is 0.260 e. The SMILES string of the molecule is O=C(Nc1cnc2nc[nH]c2c1)c1c(F)cccc1Cl. The van der Waals surface area contributed by atoms with Crippen LogP contribution in [0.4, 0.5) is 10.1 Å². The minimum Gasteiger partial charge on any atom is -0.343 e. The number of anilines is 1. The second kappa shape index (κ2) is 4.90. The average Bonchev–Trinajstić information content (AvgIpc) is 2.85. The van der Waals surface area contributed by atoms with Crippen LogP contribution in [0.25, 0.3) is 11.2 Å². The lowest BCUT2D eigenvalue weighted by Crippen LogP contribution is -2.14. The third-order valence-electron chi connectivity index (χ3n) is 2.72. The van der Waals surface area contributed by atoms with Crippen LogP contribution in [-0.2, 0) is 0 Å². The normalized spacial score (nSPS) is 10.7. The summed E-state index contributed by atoms with van der Waals surface area (Å²) < 4.78 is 13.6. The number of halogens is 2. The Morgan fingerprint density at radius 2 is 2.20 bits per heavy atom. The van der Waals surface area contributed by atoms with Crippen molar-refractivity contribution >= 4 is 34.4 Å². The molecule has 5 nitrogen and oxygen atoms in total. The van der Waals surface area contributed by atoms with Crippen LogP contribution in [-0.4, -0.2) is 20.9 Å². The van der Waals surface area contributed by atoms with E-state index in [1.165, 1.54) is 30.7 Å². The number of amides is 1. The number of nitrogens with one attached hydrogen (secondary N) is 2. The molecule has 0 fully saturated rings.